The van der Waals surface area contributed by atoms with Gasteiger partial charge in [0.1, 0.15) is 0 Å². The summed E-state index contributed by atoms with van der Waals surface area (Å²) in [5.74, 6) is 0. The molecule has 0 saturated heterocycles. The summed E-state index contributed by atoms with van der Waals surface area (Å²) in [6.07, 6.45) is 0.360. The maximum Gasteiger partial charge on any atom is 0.492 e. The van der Waals surface area contributed by atoms with E-state index in [1.54, 1.807) is 6.92 Å². The molecule has 0 aliphatic rings. The Balaban J connectivity index is 3.93. The maximum absolute atomic E-state index is 12.0. The Bertz CT molecular complexity index is 288. The van der Waals surface area contributed by atoms with E-state index in [9.17, 15) is 4.57 Å². The molecule has 9 nitrogen and oxygen atoms in total. The lowest BCUT2D eigenvalue weighted by Crippen LogP contribution is -2.34. The highest BCUT2D eigenvalue weighted by Gasteiger charge is 2.29. The van der Waals surface area contributed by atoms with Crippen molar-refractivity contribution in [2.75, 3.05) is 19.4 Å². The zero-order valence-electron chi connectivity index (χ0n) is 11.3. The van der Waals surface area contributed by atoms with Crippen LogP contribution in [0.4, 0.5) is 0 Å². The second-order valence-corrected chi connectivity index (χ2v) is 10.8. The maximum atomic E-state index is 12.0. The molecule has 0 aromatic carbocycles. The van der Waals surface area contributed by atoms with Gasteiger partial charge in [0.25, 0.3) is 0 Å². The zero-order valence-corrected chi connectivity index (χ0v) is 14.2. The normalized spacial score (nSPS) is 13.8. The molecule has 0 aromatic heterocycles. The van der Waals surface area contributed by atoms with Crippen LogP contribution in [0.15, 0.2) is 0 Å². The molecule has 20 heavy (non-hydrogen) atoms. The molecule has 0 aromatic rings. The van der Waals surface area contributed by atoms with Crippen LogP contribution in [0.1, 0.15) is 19.8 Å². The van der Waals surface area contributed by atoms with Crippen molar-refractivity contribution >= 4 is 25.2 Å². The quantitative estimate of drug-likeness (QED) is 0.154. The van der Waals surface area contributed by atoms with E-state index in [1.807, 2.05) is 0 Å². The lowest BCUT2D eigenvalue weighted by molar-refractivity contribution is 0.187. The van der Waals surface area contributed by atoms with Crippen molar-refractivity contribution < 1.29 is 42.4 Å². The summed E-state index contributed by atoms with van der Waals surface area (Å²) in [6, 6.07) is -0.436. The highest BCUT2D eigenvalue weighted by atomic mass is 31.2. The fraction of sp³-hybridized carbons (Fsp3) is 1.00. The largest absolute Gasteiger partial charge is 0.492 e. The predicted octanol–water partition coefficient (Wildman–Crippen LogP) is -1.16. The van der Waals surface area contributed by atoms with E-state index in [0.717, 1.165) is 0 Å². The fourth-order valence-electron chi connectivity index (χ4n) is 1.25. The number of hydrogen-bond acceptors (Lipinski definition) is 9. The van der Waals surface area contributed by atoms with E-state index in [0.29, 0.717) is 0 Å². The Morgan fingerprint density at radius 3 is 1.45 bits per heavy atom. The van der Waals surface area contributed by atoms with Crippen LogP contribution < -0.4 is 0 Å². The molecular formula is C8H23O9PSi2. The lowest BCUT2D eigenvalue weighted by Gasteiger charge is -2.18. The van der Waals surface area contributed by atoms with Gasteiger partial charge in [-0.25, -0.2) is 0 Å². The van der Waals surface area contributed by atoms with Crippen LogP contribution in [0.2, 0.25) is 12.1 Å². The average molecular weight is 350 g/mol. The first-order valence-electron chi connectivity index (χ1n) is 6.20. The van der Waals surface area contributed by atoms with Crippen LogP contribution in [0.3, 0.4) is 0 Å². The molecule has 0 aliphatic heterocycles. The highest BCUT2D eigenvalue weighted by Crippen LogP contribution is 2.48. The van der Waals surface area contributed by atoms with E-state index in [1.165, 1.54) is 0 Å². The Hall–Kier alpha value is 0.344. The van der Waals surface area contributed by atoms with Gasteiger partial charge in [0.2, 0.25) is 0 Å². The lowest BCUT2D eigenvalue weighted by atomic mass is 10.5. The summed E-state index contributed by atoms with van der Waals surface area (Å²) in [4.78, 5) is 52.7. The molecule has 0 spiro atoms. The zero-order chi connectivity index (χ0) is 15.9. The Kier molecular flexibility index (Phi) is 8.86. The van der Waals surface area contributed by atoms with Gasteiger partial charge in [-0.3, -0.25) is 4.57 Å². The standard InChI is InChI=1S/C8H23O9PSi2/c1-2-18(9,16-5-3-7-19(10,11)12)17-6-4-8-20(13,14)15/h10-15H,2-8H2,1H3. The predicted molar refractivity (Wildman–Crippen MR) is 73.7 cm³/mol. The summed E-state index contributed by atoms with van der Waals surface area (Å²) in [5.41, 5.74) is 0. The van der Waals surface area contributed by atoms with Gasteiger partial charge in [-0.05, 0) is 12.8 Å². The minimum atomic E-state index is -4.11. The van der Waals surface area contributed by atoms with E-state index in [4.69, 9.17) is 37.8 Å². The van der Waals surface area contributed by atoms with Crippen LogP contribution >= 0.6 is 7.60 Å². The average Bonchev–Trinajstić information content (AvgIpc) is 2.28. The van der Waals surface area contributed by atoms with Gasteiger partial charge in [-0.15, -0.1) is 0 Å². The minimum absolute atomic E-state index is 0.0553. The molecule has 0 rings (SSSR count). The van der Waals surface area contributed by atoms with Crippen molar-refractivity contribution in [1.82, 2.24) is 0 Å². The van der Waals surface area contributed by atoms with E-state index >= 15 is 0 Å². The Labute approximate surface area is 119 Å². The Morgan fingerprint density at radius 1 is 0.850 bits per heavy atom. The summed E-state index contributed by atoms with van der Waals surface area (Å²) in [6.45, 7) is 1.48. The van der Waals surface area contributed by atoms with Gasteiger partial charge in [0.05, 0.1) is 13.2 Å². The first kappa shape index (κ1) is 20.3. The summed E-state index contributed by atoms with van der Waals surface area (Å²) >= 11 is 0. The summed E-state index contributed by atoms with van der Waals surface area (Å²) in [5, 5.41) is 0. The van der Waals surface area contributed by atoms with Gasteiger partial charge in [-0.1, -0.05) is 6.92 Å². The van der Waals surface area contributed by atoms with E-state index in [2.05, 4.69) is 0 Å². The molecule has 0 saturated carbocycles. The van der Waals surface area contributed by atoms with Crippen LogP contribution in [-0.4, -0.2) is 65.8 Å². The monoisotopic (exact) mass is 350 g/mol. The Morgan fingerprint density at radius 2 is 1.20 bits per heavy atom. The van der Waals surface area contributed by atoms with Crippen LogP contribution in [-0.2, 0) is 13.6 Å². The third-order valence-electron chi connectivity index (χ3n) is 2.28. The fourth-order valence-corrected chi connectivity index (χ4v) is 3.74. The molecule has 0 radical (unpaired) electrons. The van der Waals surface area contributed by atoms with Crippen molar-refractivity contribution in [3.8, 4) is 0 Å². The van der Waals surface area contributed by atoms with Gasteiger partial charge in [0, 0.05) is 18.3 Å². The SMILES string of the molecule is CCP(=O)(OCCC[Si](O)(O)O)OCCC[Si](O)(O)O. The molecule has 0 bridgehead atoms. The highest BCUT2D eigenvalue weighted by molar-refractivity contribution is 7.53. The smallest absolute Gasteiger partial charge is 0.390 e. The molecule has 0 atom stereocenters. The van der Waals surface area contributed by atoms with Crippen molar-refractivity contribution in [2.24, 2.45) is 0 Å². The first-order chi connectivity index (χ1) is 8.97. The third-order valence-corrected chi connectivity index (χ3v) is 6.25. The topological polar surface area (TPSA) is 157 Å². The molecule has 0 unspecified atom stereocenters. The number of hydrogen-bond donors (Lipinski definition) is 6. The van der Waals surface area contributed by atoms with Crippen molar-refractivity contribution in [1.29, 1.82) is 0 Å². The second kappa shape index (κ2) is 8.71. The van der Waals surface area contributed by atoms with Crippen LogP contribution in [0.5, 0.6) is 0 Å². The molecule has 0 fully saturated rings. The molecule has 0 aliphatic carbocycles. The van der Waals surface area contributed by atoms with E-state index in [-0.39, 0.29) is 44.3 Å². The van der Waals surface area contributed by atoms with Gasteiger partial charge in [-0.2, -0.15) is 0 Å². The van der Waals surface area contributed by atoms with Crippen molar-refractivity contribution in [3.63, 3.8) is 0 Å². The summed E-state index contributed by atoms with van der Waals surface area (Å²) < 4.78 is 22.1. The third kappa shape index (κ3) is 12.1. The van der Waals surface area contributed by atoms with Gasteiger partial charge < -0.3 is 37.8 Å². The molecule has 122 valence electrons. The molecular weight excluding hydrogens is 327 g/mol. The molecule has 0 heterocycles. The van der Waals surface area contributed by atoms with Gasteiger partial charge >= 0.3 is 25.2 Å². The second-order valence-electron chi connectivity index (χ2n) is 4.35. The first-order valence-corrected chi connectivity index (χ1v) is 12.0. The minimum Gasteiger partial charge on any atom is -0.390 e. The van der Waals surface area contributed by atoms with E-state index < -0.39 is 25.2 Å². The number of rotatable bonds is 11. The summed E-state index contributed by atoms with van der Waals surface area (Å²) in [7, 11) is -11.5. The molecule has 12 heteroatoms. The van der Waals surface area contributed by atoms with Crippen LogP contribution in [0, 0.1) is 0 Å². The van der Waals surface area contributed by atoms with Crippen molar-refractivity contribution in [3.05, 3.63) is 0 Å². The van der Waals surface area contributed by atoms with Crippen molar-refractivity contribution in [2.45, 2.75) is 31.9 Å². The molecule has 6 N–H and O–H groups in total. The van der Waals surface area contributed by atoms with Gasteiger partial charge in [0.15, 0.2) is 0 Å². The molecule has 0 amide bonds. The van der Waals surface area contributed by atoms with Crippen LogP contribution in [0.25, 0.3) is 0 Å².